The SMILES string of the molecule is COc1cc(C(=O)N[C@@H](c2ccc(Cl)cc2)c2nccn2C)cc(Cl)c1OCC(C)C. The zero-order valence-electron chi connectivity index (χ0n) is 17.9. The van der Waals surface area contributed by atoms with Gasteiger partial charge in [-0.05, 0) is 35.7 Å². The second kappa shape index (κ2) is 10.1. The van der Waals surface area contributed by atoms with E-state index in [2.05, 4.69) is 10.3 Å². The third-order valence-electron chi connectivity index (χ3n) is 4.65. The van der Waals surface area contributed by atoms with Crippen molar-refractivity contribution in [2.24, 2.45) is 13.0 Å². The van der Waals surface area contributed by atoms with E-state index in [4.69, 9.17) is 32.7 Å². The molecule has 0 aliphatic rings. The Morgan fingerprint density at radius 1 is 1.19 bits per heavy atom. The largest absolute Gasteiger partial charge is 0.493 e. The van der Waals surface area contributed by atoms with Gasteiger partial charge in [0, 0.05) is 30.0 Å². The molecule has 3 rings (SSSR count). The van der Waals surface area contributed by atoms with Crippen LogP contribution in [0.3, 0.4) is 0 Å². The number of hydrogen-bond donors (Lipinski definition) is 1. The van der Waals surface area contributed by atoms with Gasteiger partial charge in [0.1, 0.15) is 11.9 Å². The standard InChI is InChI=1S/C23H25Cl2N3O3/c1-14(2)13-31-21-18(25)11-16(12-19(21)30-4)23(29)27-20(22-26-9-10-28(22)3)15-5-7-17(24)8-6-15/h5-12,14,20H,13H2,1-4H3,(H,27,29)/t20-/m0/s1. The second-order valence-electron chi connectivity index (χ2n) is 7.55. The van der Waals surface area contributed by atoms with Crippen LogP contribution in [0.4, 0.5) is 0 Å². The van der Waals surface area contributed by atoms with Crippen LogP contribution in [0.15, 0.2) is 48.8 Å². The minimum absolute atomic E-state index is 0.310. The van der Waals surface area contributed by atoms with Crippen LogP contribution < -0.4 is 14.8 Å². The minimum Gasteiger partial charge on any atom is -0.493 e. The highest BCUT2D eigenvalue weighted by atomic mass is 35.5. The number of nitrogens with zero attached hydrogens (tertiary/aromatic N) is 2. The second-order valence-corrected chi connectivity index (χ2v) is 8.39. The fourth-order valence-electron chi connectivity index (χ4n) is 3.06. The van der Waals surface area contributed by atoms with Crippen molar-refractivity contribution in [1.82, 2.24) is 14.9 Å². The van der Waals surface area contributed by atoms with Crippen molar-refractivity contribution in [3.05, 3.63) is 75.8 Å². The molecule has 0 aliphatic carbocycles. The van der Waals surface area contributed by atoms with Crippen molar-refractivity contribution in [3.8, 4) is 11.5 Å². The summed E-state index contributed by atoms with van der Waals surface area (Å²) < 4.78 is 13.1. The predicted octanol–water partition coefficient (Wildman–Crippen LogP) is 5.29. The molecule has 2 aromatic carbocycles. The third-order valence-corrected chi connectivity index (χ3v) is 5.18. The van der Waals surface area contributed by atoms with Gasteiger partial charge in [0.05, 0.1) is 18.7 Å². The molecule has 0 aliphatic heterocycles. The van der Waals surface area contributed by atoms with Gasteiger partial charge in [-0.15, -0.1) is 0 Å². The number of imidazole rings is 1. The lowest BCUT2D eigenvalue weighted by Crippen LogP contribution is -2.31. The monoisotopic (exact) mass is 461 g/mol. The van der Waals surface area contributed by atoms with Crippen LogP contribution in [0.1, 0.15) is 41.6 Å². The number of rotatable bonds is 8. The van der Waals surface area contributed by atoms with E-state index in [1.54, 1.807) is 30.5 Å². The molecule has 0 saturated carbocycles. The van der Waals surface area contributed by atoms with Crippen LogP contribution in [-0.4, -0.2) is 29.2 Å². The first-order chi connectivity index (χ1) is 14.8. The lowest BCUT2D eigenvalue weighted by Gasteiger charge is -2.20. The van der Waals surface area contributed by atoms with E-state index in [1.807, 2.05) is 43.8 Å². The number of ether oxygens (including phenoxy) is 2. The molecule has 0 fully saturated rings. The molecule has 3 aromatic rings. The van der Waals surface area contributed by atoms with Crippen molar-refractivity contribution >= 4 is 29.1 Å². The normalized spacial score (nSPS) is 12.0. The summed E-state index contributed by atoms with van der Waals surface area (Å²) in [6.45, 7) is 4.56. The van der Waals surface area contributed by atoms with E-state index in [0.717, 1.165) is 5.56 Å². The molecular weight excluding hydrogens is 437 g/mol. The molecule has 0 spiro atoms. The highest BCUT2D eigenvalue weighted by Gasteiger charge is 2.23. The van der Waals surface area contributed by atoms with Gasteiger partial charge in [0.15, 0.2) is 11.5 Å². The first-order valence-corrected chi connectivity index (χ1v) is 10.6. The Morgan fingerprint density at radius 3 is 2.48 bits per heavy atom. The summed E-state index contributed by atoms with van der Waals surface area (Å²) >= 11 is 12.5. The van der Waals surface area contributed by atoms with Crippen molar-refractivity contribution in [2.75, 3.05) is 13.7 Å². The molecule has 0 bridgehead atoms. The fraction of sp³-hybridized carbons (Fsp3) is 0.304. The number of methoxy groups -OCH3 is 1. The molecule has 1 heterocycles. The molecule has 1 atom stereocenters. The third kappa shape index (κ3) is 5.51. The van der Waals surface area contributed by atoms with Crippen LogP contribution in [0.2, 0.25) is 10.0 Å². The van der Waals surface area contributed by atoms with E-state index >= 15 is 0 Å². The Hall–Kier alpha value is -2.70. The molecule has 6 nitrogen and oxygen atoms in total. The van der Waals surface area contributed by atoms with E-state index in [1.165, 1.54) is 7.11 Å². The average Bonchev–Trinajstić information content (AvgIpc) is 3.16. The molecule has 1 aromatic heterocycles. The molecular formula is C23H25Cl2N3O3. The molecule has 0 saturated heterocycles. The summed E-state index contributed by atoms with van der Waals surface area (Å²) in [6, 6.07) is 9.99. The summed E-state index contributed by atoms with van der Waals surface area (Å²) in [4.78, 5) is 17.6. The van der Waals surface area contributed by atoms with Crippen molar-refractivity contribution in [3.63, 3.8) is 0 Å². The van der Waals surface area contributed by atoms with E-state index in [0.29, 0.717) is 45.5 Å². The number of nitrogens with one attached hydrogen (secondary N) is 1. The van der Waals surface area contributed by atoms with Crippen LogP contribution in [0.5, 0.6) is 11.5 Å². The number of halogens is 2. The number of hydrogen-bond acceptors (Lipinski definition) is 4. The average molecular weight is 462 g/mol. The Kier molecular flexibility index (Phi) is 7.46. The summed E-state index contributed by atoms with van der Waals surface area (Å²) in [5.74, 6) is 1.51. The van der Waals surface area contributed by atoms with Crippen LogP contribution in [0, 0.1) is 5.92 Å². The predicted molar refractivity (Wildman–Crippen MR) is 122 cm³/mol. The van der Waals surface area contributed by atoms with Crippen molar-refractivity contribution < 1.29 is 14.3 Å². The Bertz CT molecular complexity index is 1050. The zero-order valence-corrected chi connectivity index (χ0v) is 19.4. The Morgan fingerprint density at radius 2 is 1.90 bits per heavy atom. The number of benzene rings is 2. The smallest absolute Gasteiger partial charge is 0.252 e. The topological polar surface area (TPSA) is 65.4 Å². The quantitative estimate of drug-likeness (QED) is 0.494. The van der Waals surface area contributed by atoms with E-state index < -0.39 is 6.04 Å². The minimum atomic E-state index is -0.480. The van der Waals surface area contributed by atoms with Crippen LogP contribution >= 0.6 is 23.2 Å². The van der Waals surface area contributed by atoms with Crippen LogP contribution in [0.25, 0.3) is 0 Å². The van der Waals surface area contributed by atoms with Gasteiger partial charge >= 0.3 is 0 Å². The maximum atomic E-state index is 13.2. The Balaban J connectivity index is 1.92. The van der Waals surface area contributed by atoms with Gasteiger partial charge in [-0.3, -0.25) is 4.79 Å². The lowest BCUT2D eigenvalue weighted by atomic mass is 10.1. The number of carbonyl (C=O) groups excluding carboxylic acids is 1. The van der Waals surface area contributed by atoms with Gasteiger partial charge in [0.2, 0.25) is 0 Å². The van der Waals surface area contributed by atoms with Crippen molar-refractivity contribution in [2.45, 2.75) is 19.9 Å². The number of aromatic nitrogens is 2. The van der Waals surface area contributed by atoms with Gasteiger partial charge in [-0.25, -0.2) is 4.98 Å². The molecule has 0 unspecified atom stereocenters. The van der Waals surface area contributed by atoms with E-state index in [9.17, 15) is 4.79 Å². The van der Waals surface area contributed by atoms with E-state index in [-0.39, 0.29) is 5.91 Å². The van der Waals surface area contributed by atoms with Gasteiger partial charge in [-0.2, -0.15) is 0 Å². The summed E-state index contributed by atoms with van der Waals surface area (Å²) in [6.07, 6.45) is 3.51. The lowest BCUT2D eigenvalue weighted by molar-refractivity contribution is 0.0940. The van der Waals surface area contributed by atoms with Crippen LogP contribution in [-0.2, 0) is 7.05 Å². The molecule has 8 heteroatoms. The number of carbonyl (C=O) groups is 1. The molecule has 1 N–H and O–H groups in total. The molecule has 0 radical (unpaired) electrons. The summed E-state index contributed by atoms with van der Waals surface area (Å²) in [5.41, 5.74) is 1.20. The first kappa shape index (κ1) is 23.0. The van der Waals surface area contributed by atoms with Gasteiger partial charge in [-0.1, -0.05) is 49.2 Å². The highest BCUT2D eigenvalue weighted by Crippen LogP contribution is 2.37. The highest BCUT2D eigenvalue weighted by molar-refractivity contribution is 6.32. The summed E-state index contributed by atoms with van der Waals surface area (Å²) in [7, 11) is 3.39. The Labute approximate surface area is 192 Å². The zero-order chi connectivity index (χ0) is 22.5. The van der Waals surface area contributed by atoms with Gasteiger partial charge < -0.3 is 19.4 Å². The fourth-order valence-corrected chi connectivity index (χ4v) is 3.45. The maximum Gasteiger partial charge on any atom is 0.252 e. The summed E-state index contributed by atoms with van der Waals surface area (Å²) in [5, 5.41) is 3.96. The van der Waals surface area contributed by atoms with Crippen molar-refractivity contribution in [1.29, 1.82) is 0 Å². The first-order valence-electron chi connectivity index (χ1n) is 9.84. The molecule has 31 heavy (non-hydrogen) atoms. The number of amides is 1. The molecule has 164 valence electrons. The molecule has 1 amide bonds. The number of aryl methyl sites for hydroxylation is 1. The van der Waals surface area contributed by atoms with Gasteiger partial charge in [0.25, 0.3) is 5.91 Å². The maximum absolute atomic E-state index is 13.2.